The van der Waals surface area contributed by atoms with Crippen LogP contribution in [-0.4, -0.2) is 33.3 Å². The van der Waals surface area contributed by atoms with Gasteiger partial charge in [-0.15, -0.1) is 0 Å². The number of nitrogens with zero attached hydrogens (tertiary/aromatic N) is 3. The third-order valence-electron chi connectivity index (χ3n) is 3.47. The minimum Gasteiger partial charge on any atom is -0.326 e. The molecule has 1 fully saturated rings. The lowest BCUT2D eigenvalue weighted by molar-refractivity contribution is 0.198. The first-order valence-corrected chi connectivity index (χ1v) is 6.17. The molecule has 1 aliphatic heterocycles. The van der Waals surface area contributed by atoms with Crippen molar-refractivity contribution in [2.45, 2.75) is 51.9 Å². The van der Waals surface area contributed by atoms with Gasteiger partial charge in [-0.2, -0.15) is 5.10 Å². The van der Waals surface area contributed by atoms with Crippen LogP contribution in [-0.2, 0) is 6.54 Å². The number of aryl methyl sites for hydroxylation is 1. The molecular weight excluding hydrogens is 200 g/mol. The molecule has 0 saturated carbocycles. The van der Waals surface area contributed by atoms with E-state index in [1.165, 1.54) is 5.56 Å². The number of hydrogen-bond donors (Lipinski definition) is 1. The molecule has 0 radical (unpaired) electrons. The normalized spacial score (nSPS) is 26.8. The van der Waals surface area contributed by atoms with Crippen LogP contribution in [0.15, 0.2) is 12.4 Å². The maximum atomic E-state index is 6.21. The van der Waals surface area contributed by atoms with Gasteiger partial charge in [0.2, 0.25) is 0 Å². The van der Waals surface area contributed by atoms with Crippen LogP contribution in [0.25, 0.3) is 0 Å². The highest BCUT2D eigenvalue weighted by atomic mass is 15.3. The smallest absolute Gasteiger partial charge is 0.0538 e. The Morgan fingerprint density at radius 1 is 1.56 bits per heavy atom. The van der Waals surface area contributed by atoms with Crippen molar-refractivity contribution in [3.63, 3.8) is 0 Å². The van der Waals surface area contributed by atoms with E-state index >= 15 is 0 Å². The van der Waals surface area contributed by atoms with Crippen LogP contribution < -0.4 is 5.73 Å². The summed E-state index contributed by atoms with van der Waals surface area (Å²) >= 11 is 0. The van der Waals surface area contributed by atoms with Gasteiger partial charge in [0.1, 0.15) is 0 Å². The van der Waals surface area contributed by atoms with Crippen LogP contribution in [0.1, 0.15) is 38.8 Å². The Bertz CT molecular complexity index is 345. The third-order valence-corrected chi connectivity index (χ3v) is 3.47. The lowest BCUT2D eigenvalue weighted by atomic mass is 10.0. The van der Waals surface area contributed by atoms with Crippen molar-refractivity contribution >= 4 is 0 Å². The van der Waals surface area contributed by atoms with Gasteiger partial charge in [-0.1, -0.05) is 0 Å². The first-order valence-electron chi connectivity index (χ1n) is 6.17. The summed E-state index contributed by atoms with van der Waals surface area (Å²) < 4.78 is 1.97. The van der Waals surface area contributed by atoms with Crippen LogP contribution >= 0.6 is 0 Å². The highest BCUT2D eigenvalue weighted by Gasteiger charge is 2.34. The van der Waals surface area contributed by atoms with Crippen LogP contribution in [0.3, 0.4) is 0 Å². The van der Waals surface area contributed by atoms with E-state index in [1.54, 1.807) is 0 Å². The van der Waals surface area contributed by atoms with E-state index in [1.807, 2.05) is 10.9 Å². The zero-order chi connectivity index (χ0) is 11.7. The fraction of sp³-hybridized carbons (Fsp3) is 0.750. The maximum Gasteiger partial charge on any atom is 0.0538 e. The highest BCUT2D eigenvalue weighted by Crippen LogP contribution is 2.32. The topological polar surface area (TPSA) is 47.1 Å². The van der Waals surface area contributed by atoms with E-state index in [-0.39, 0.29) is 6.04 Å². The molecule has 4 heteroatoms. The van der Waals surface area contributed by atoms with Crippen molar-refractivity contribution in [1.29, 1.82) is 0 Å². The molecule has 2 rings (SSSR count). The SMILES string of the molecule is CCn1cc([C@@H]2[C@@H](N)CCN2C(C)C)cn1. The summed E-state index contributed by atoms with van der Waals surface area (Å²) in [5.41, 5.74) is 7.48. The fourth-order valence-corrected chi connectivity index (χ4v) is 2.56. The van der Waals surface area contributed by atoms with E-state index < -0.39 is 0 Å². The van der Waals surface area contributed by atoms with Crippen molar-refractivity contribution in [3.8, 4) is 0 Å². The minimum atomic E-state index is 0.247. The summed E-state index contributed by atoms with van der Waals surface area (Å²) in [5, 5.41) is 4.34. The van der Waals surface area contributed by atoms with E-state index in [2.05, 4.69) is 37.0 Å². The molecule has 2 heterocycles. The Morgan fingerprint density at radius 3 is 2.88 bits per heavy atom. The molecule has 0 bridgehead atoms. The average molecular weight is 222 g/mol. The Labute approximate surface area is 97.4 Å². The summed E-state index contributed by atoms with van der Waals surface area (Å²) in [6.07, 6.45) is 5.18. The second-order valence-corrected chi connectivity index (χ2v) is 4.86. The molecule has 1 aromatic rings. The number of nitrogens with two attached hydrogens (primary N) is 1. The van der Waals surface area contributed by atoms with Crippen molar-refractivity contribution < 1.29 is 0 Å². The number of rotatable bonds is 3. The third kappa shape index (κ3) is 1.99. The standard InChI is InChI=1S/C12H22N4/c1-4-15-8-10(7-14-15)12-11(13)5-6-16(12)9(2)3/h7-9,11-12H,4-6,13H2,1-3H3/t11-,12+/m0/s1. The Kier molecular flexibility index (Phi) is 3.30. The Hall–Kier alpha value is -0.870. The van der Waals surface area contributed by atoms with Gasteiger partial charge >= 0.3 is 0 Å². The first-order chi connectivity index (χ1) is 7.63. The van der Waals surface area contributed by atoms with Crippen molar-refractivity contribution in [1.82, 2.24) is 14.7 Å². The van der Waals surface area contributed by atoms with Gasteiger partial charge in [0.05, 0.1) is 12.2 Å². The predicted octanol–water partition coefficient (Wildman–Crippen LogP) is 1.39. The predicted molar refractivity (Wildman–Crippen MR) is 65.1 cm³/mol. The van der Waals surface area contributed by atoms with Crippen molar-refractivity contribution in [2.24, 2.45) is 5.73 Å². The summed E-state index contributed by atoms with van der Waals surface area (Å²) in [7, 11) is 0. The quantitative estimate of drug-likeness (QED) is 0.840. The molecule has 0 aliphatic carbocycles. The van der Waals surface area contributed by atoms with Crippen LogP contribution in [0.2, 0.25) is 0 Å². The fourth-order valence-electron chi connectivity index (χ4n) is 2.56. The molecule has 0 spiro atoms. The van der Waals surface area contributed by atoms with Crippen LogP contribution in [0.4, 0.5) is 0 Å². The number of likely N-dealkylation sites (tertiary alicyclic amines) is 1. The van der Waals surface area contributed by atoms with Gasteiger partial charge in [-0.25, -0.2) is 0 Å². The van der Waals surface area contributed by atoms with E-state index in [9.17, 15) is 0 Å². The molecule has 0 aromatic carbocycles. The molecule has 2 N–H and O–H groups in total. The van der Waals surface area contributed by atoms with Crippen LogP contribution in [0, 0.1) is 0 Å². The Morgan fingerprint density at radius 2 is 2.31 bits per heavy atom. The molecule has 1 aliphatic rings. The lowest BCUT2D eigenvalue weighted by Gasteiger charge is -2.29. The number of hydrogen-bond acceptors (Lipinski definition) is 3. The molecule has 16 heavy (non-hydrogen) atoms. The van der Waals surface area contributed by atoms with Gasteiger partial charge in [0, 0.05) is 36.9 Å². The van der Waals surface area contributed by atoms with Crippen molar-refractivity contribution in [2.75, 3.05) is 6.54 Å². The van der Waals surface area contributed by atoms with E-state index in [0.29, 0.717) is 12.1 Å². The number of aromatic nitrogens is 2. The van der Waals surface area contributed by atoms with Gasteiger partial charge in [-0.05, 0) is 27.2 Å². The minimum absolute atomic E-state index is 0.247. The summed E-state index contributed by atoms with van der Waals surface area (Å²) in [5.74, 6) is 0. The molecule has 90 valence electrons. The summed E-state index contributed by atoms with van der Waals surface area (Å²) in [6, 6.07) is 1.14. The Balaban J connectivity index is 2.22. The second-order valence-electron chi connectivity index (χ2n) is 4.86. The van der Waals surface area contributed by atoms with Gasteiger partial charge in [0.15, 0.2) is 0 Å². The average Bonchev–Trinajstić information content (AvgIpc) is 2.83. The largest absolute Gasteiger partial charge is 0.326 e. The molecule has 1 saturated heterocycles. The van der Waals surface area contributed by atoms with Gasteiger partial charge in [-0.3, -0.25) is 9.58 Å². The molecule has 1 aromatic heterocycles. The van der Waals surface area contributed by atoms with Crippen molar-refractivity contribution in [3.05, 3.63) is 18.0 Å². The second kappa shape index (κ2) is 4.55. The molecule has 2 atom stereocenters. The first kappa shape index (κ1) is 11.6. The lowest BCUT2D eigenvalue weighted by Crippen LogP contribution is -2.35. The van der Waals surface area contributed by atoms with Gasteiger partial charge in [0.25, 0.3) is 0 Å². The van der Waals surface area contributed by atoms with E-state index in [4.69, 9.17) is 5.73 Å². The molecule has 0 amide bonds. The monoisotopic (exact) mass is 222 g/mol. The highest BCUT2D eigenvalue weighted by molar-refractivity contribution is 5.16. The zero-order valence-corrected chi connectivity index (χ0v) is 10.4. The maximum absolute atomic E-state index is 6.21. The summed E-state index contributed by atoms with van der Waals surface area (Å²) in [4.78, 5) is 2.47. The molecular formula is C12H22N4. The summed E-state index contributed by atoms with van der Waals surface area (Å²) in [6.45, 7) is 8.58. The molecule has 4 nitrogen and oxygen atoms in total. The van der Waals surface area contributed by atoms with Gasteiger partial charge < -0.3 is 5.73 Å². The van der Waals surface area contributed by atoms with Crippen LogP contribution in [0.5, 0.6) is 0 Å². The van der Waals surface area contributed by atoms with E-state index in [0.717, 1.165) is 19.5 Å². The zero-order valence-electron chi connectivity index (χ0n) is 10.4. The molecule has 0 unspecified atom stereocenters.